The van der Waals surface area contributed by atoms with Crippen LogP contribution in [0.2, 0.25) is 0 Å². The zero-order chi connectivity index (χ0) is 13.3. The molecule has 17 heavy (non-hydrogen) atoms. The Hall–Kier alpha value is -1.24. The van der Waals surface area contributed by atoms with Gasteiger partial charge in [-0.3, -0.25) is 10.1 Å². The first kappa shape index (κ1) is 15.8. The molecular formula is C10H18F2N2O3. The van der Waals surface area contributed by atoms with Gasteiger partial charge < -0.3 is 10.1 Å². The van der Waals surface area contributed by atoms with Gasteiger partial charge in [-0.15, -0.1) is 0 Å². The molecule has 0 aliphatic rings. The van der Waals surface area contributed by atoms with Crippen molar-refractivity contribution >= 4 is 0 Å². The molecule has 0 heterocycles. The van der Waals surface area contributed by atoms with Crippen molar-refractivity contribution in [2.75, 3.05) is 13.3 Å². The maximum absolute atomic E-state index is 12.7. The lowest BCUT2D eigenvalue weighted by atomic mass is 9.98. The molecule has 7 heteroatoms. The number of hydrogen-bond acceptors (Lipinski definition) is 4. The monoisotopic (exact) mass is 252 g/mol. The third-order valence-corrected chi connectivity index (χ3v) is 2.25. The minimum atomic E-state index is -2.75. The first-order valence-corrected chi connectivity index (χ1v) is 5.44. The lowest BCUT2D eigenvalue weighted by Crippen LogP contribution is -2.32. The number of alkyl halides is 2. The lowest BCUT2D eigenvalue weighted by molar-refractivity contribution is -0.533. The van der Waals surface area contributed by atoms with E-state index >= 15 is 0 Å². The molecule has 0 aliphatic heterocycles. The Morgan fingerprint density at radius 3 is 2.53 bits per heavy atom. The Labute approximate surface area is 99.0 Å². The van der Waals surface area contributed by atoms with Crippen molar-refractivity contribution in [2.24, 2.45) is 5.92 Å². The number of nitrogens with one attached hydrogen (secondary N) is 1. The highest BCUT2D eigenvalue weighted by molar-refractivity contribution is 4.91. The molecule has 0 aromatic carbocycles. The van der Waals surface area contributed by atoms with Crippen LogP contribution in [0.25, 0.3) is 0 Å². The second-order valence-electron chi connectivity index (χ2n) is 3.37. The fourth-order valence-corrected chi connectivity index (χ4v) is 1.33. The molecule has 0 bridgehead atoms. The Bertz CT molecular complexity index is 250. The van der Waals surface area contributed by atoms with Crippen LogP contribution in [-0.2, 0) is 4.74 Å². The smallest absolute Gasteiger partial charge is 0.251 e. The van der Waals surface area contributed by atoms with Crippen molar-refractivity contribution in [3.63, 3.8) is 0 Å². The largest absolute Gasteiger partial charge is 0.369 e. The molecule has 2 atom stereocenters. The van der Waals surface area contributed by atoms with Crippen LogP contribution < -0.4 is 5.32 Å². The highest BCUT2D eigenvalue weighted by Gasteiger charge is 2.34. The molecule has 0 spiro atoms. The highest BCUT2D eigenvalue weighted by Crippen LogP contribution is 2.20. The van der Waals surface area contributed by atoms with Crippen molar-refractivity contribution in [3.05, 3.63) is 22.4 Å². The molecular weight excluding hydrogens is 234 g/mol. The third kappa shape index (κ3) is 6.15. The molecule has 1 unspecified atom stereocenters. The average Bonchev–Trinajstić information content (AvgIpc) is 2.26. The number of nitrogens with zero attached hydrogens (tertiary/aromatic N) is 1. The summed E-state index contributed by atoms with van der Waals surface area (Å²) in [6.07, 6.45) is -0.285. The summed E-state index contributed by atoms with van der Waals surface area (Å²) in [5, 5.41) is 13.2. The van der Waals surface area contributed by atoms with E-state index in [9.17, 15) is 18.9 Å². The second kappa shape index (κ2) is 8.86. The van der Waals surface area contributed by atoms with E-state index in [1.165, 1.54) is 13.1 Å². The first-order chi connectivity index (χ1) is 8.04. The minimum Gasteiger partial charge on any atom is -0.369 e. The molecule has 0 rings (SSSR count). The van der Waals surface area contributed by atoms with Gasteiger partial charge in [0.1, 0.15) is 12.6 Å². The first-order valence-electron chi connectivity index (χ1n) is 5.44. The highest BCUT2D eigenvalue weighted by atomic mass is 19.3. The van der Waals surface area contributed by atoms with Crippen LogP contribution in [0.1, 0.15) is 20.3 Å². The maximum Gasteiger partial charge on any atom is 0.251 e. The molecule has 0 aliphatic carbocycles. The molecule has 0 radical (unpaired) electrons. The zero-order valence-electron chi connectivity index (χ0n) is 9.94. The van der Waals surface area contributed by atoms with Crippen molar-refractivity contribution < 1.29 is 18.4 Å². The summed E-state index contributed by atoms with van der Waals surface area (Å²) in [6, 6.07) is -1.26. The van der Waals surface area contributed by atoms with E-state index < -0.39 is 23.3 Å². The Balaban J connectivity index is 4.36. The van der Waals surface area contributed by atoms with E-state index in [2.05, 4.69) is 5.32 Å². The minimum absolute atomic E-state index is 0.0673. The molecule has 0 saturated carbocycles. The Kier molecular flexibility index (Phi) is 8.21. The van der Waals surface area contributed by atoms with E-state index in [4.69, 9.17) is 4.74 Å². The van der Waals surface area contributed by atoms with Gasteiger partial charge in [-0.05, 0) is 13.1 Å². The summed E-state index contributed by atoms with van der Waals surface area (Å²) in [6.45, 7) is 4.02. The summed E-state index contributed by atoms with van der Waals surface area (Å²) < 4.78 is 30.2. The SMILES string of the molecule is CCOCN/C=C/C(C(F)F)[C@@H](CC)[N+](=O)[O-]. The van der Waals surface area contributed by atoms with Crippen molar-refractivity contribution in [3.8, 4) is 0 Å². The van der Waals surface area contributed by atoms with Crippen molar-refractivity contribution in [1.82, 2.24) is 5.32 Å². The van der Waals surface area contributed by atoms with Crippen LogP contribution in [-0.4, -0.2) is 30.7 Å². The lowest BCUT2D eigenvalue weighted by Gasteiger charge is -2.15. The van der Waals surface area contributed by atoms with Gasteiger partial charge in [0.2, 0.25) is 6.04 Å². The molecule has 0 saturated heterocycles. The number of ether oxygens (including phenoxy) is 1. The summed E-state index contributed by atoms with van der Waals surface area (Å²) in [7, 11) is 0. The molecule has 100 valence electrons. The van der Waals surface area contributed by atoms with E-state index in [1.807, 2.05) is 0 Å². The Morgan fingerprint density at radius 1 is 1.47 bits per heavy atom. The quantitative estimate of drug-likeness (QED) is 0.295. The topological polar surface area (TPSA) is 64.4 Å². The van der Waals surface area contributed by atoms with Gasteiger partial charge in [-0.1, -0.05) is 13.0 Å². The average molecular weight is 252 g/mol. The van der Waals surface area contributed by atoms with Crippen LogP contribution in [0.5, 0.6) is 0 Å². The summed E-state index contributed by atoms with van der Waals surface area (Å²) >= 11 is 0. The van der Waals surface area contributed by atoms with Crippen LogP contribution in [0.15, 0.2) is 12.3 Å². The maximum atomic E-state index is 12.7. The van der Waals surface area contributed by atoms with Gasteiger partial charge >= 0.3 is 0 Å². The molecule has 0 amide bonds. The van der Waals surface area contributed by atoms with Crippen LogP contribution in [0, 0.1) is 16.0 Å². The molecule has 0 fully saturated rings. The van der Waals surface area contributed by atoms with Gasteiger partial charge in [-0.2, -0.15) is 0 Å². The third-order valence-electron chi connectivity index (χ3n) is 2.25. The predicted molar refractivity (Wildman–Crippen MR) is 59.3 cm³/mol. The van der Waals surface area contributed by atoms with E-state index in [1.54, 1.807) is 6.92 Å². The standard InChI is InChI=1S/C10H18F2N2O3/c1-3-9(14(15)16)8(10(11)12)5-6-13-7-17-4-2/h5-6,8-10,13H,3-4,7H2,1-2H3/b6-5+/t8?,9-/m1/s1. The number of halogens is 2. The number of rotatable bonds is 9. The molecule has 5 nitrogen and oxygen atoms in total. The van der Waals surface area contributed by atoms with Crippen molar-refractivity contribution in [2.45, 2.75) is 32.7 Å². The van der Waals surface area contributed by atoms with Gasteiger partial charge in [0.15, 0.2) is 0 Å². The zero-order valence-corrected chi connectivity index (χ0v) is 9.94. The Morgan fingerprint density at radius 2 is 2.12 bits per heavy atom. The van der Waals surface area contributed by atoms with Gasteiger partial charge in [-0.25, -0.2) is 8.78 Å². The van der Waals surface area contributed by atoms with Gasteiger partial charge in [0, 0.05) is 18.0 Å². The molecule has 1 N–H and O–H groups in total. The van der Waals surface area contributed by atoms with Crippen LogP contribution >= 0.6 is 0 Å². The van der Waals surface area contributed by atoms with Crippen LogP contribution in [0.3, 0.4) is 0 Å². The summed E-state index contributed by atoms with van der Waals surface area (Å²) in [5.41, 5.74) is 0. The number of hydrogen-bond donors (Lipinski definition) is 1. The second-order valence-corrected chi connectivity index (χ2v) is 3.37. The van der Waals surface area contributed by atoms with E-state index in [0.717, 1.165) is 6.08 Å². The summed E-state index contributed by atoms with van der Waals surface area (Å²) in [5.74, 6) is -1.39. The van der Waals surface area contributed by atoms with Gasteiger partial charge in [0.25, 0.3) is 6.43 Å². The molecule has 0 aromatic heterocycles. The predicted octanol–water partition coefficient (Wildman–Crippen LogP) is 2.02. The van der Waals surface area contributed by atoms with Gasteiger partial charge in [0.05, 0.1) is 0 Å². The molecule has 0 aromatic rings. The van der Waals surface area contributed by atoms with E-state index in [-0.39, 0.29) is 13.2 Å². The fraction of sp³-hybridized carbons (Fsp3) is 0.800. The van der Waals surface area contributed by atoms with Crippen molar-refractivity contribution in [1.29, 1.82) is 0 Å². The van der Waals surface area contributed by atoms with E-state index in [0.29, 0.717) is 6.61 Å². The van der Waals surface area contributed by atoms with Crippen LogP contribution in [0.4, 0.5) is 8.78 Å². The normalized spacial score (nSPS) is 15.1. The fourth-order valence-electron chi connectivity index (χ4n) is 1.33. The number of nitro groups is 1. The summed E-state index contributed by atoms with van der Waals surface area (Å²) in [4.78, 5) is 9.94.